The number of fused-ring (bicyclic) bond motifs is 1. The predicted molar refractivity (Wildman–Crippen MR) is 91.2 cm³/mol. The fourth-order valence-corrected chi connectivity index (χ4v) is 3.80. The Balaban J connectivity index is 1.86. The van der Waals surface area contributed by atoms with Crippen molar-refractivity contribution in [3.63, 3.8) is 0 Å². The molecule has 0 saturated carbocycles. The van der Waals surface area contributed by atoms with Crippen molar-refractivity contribution < 1.29 is 0 Å². The normalized spacial score (nSPS) is 12.9. The van der Waals surface area contributed by atoms with E-state index in [2.05, 4.69) is 52.0 Å². The lowest BCUT2D eigenvalue weighted by molar-refractivity contribution is 0.524. The highest BCUT2D eigenvalue weighted by Gasteiger charge is 2.14. The molecule has 0 spiro atoms. The highest BCUT2D eigenvalue weighted by molar-refractivity contribution is 7.17. The molecule has 0 amide bonds. The van der Waals surface area contributed by atoms with Crippen LogP contribution in [0, 0.1) is 6.92 Å². The average Bonchev–Trinajstić information content (AvgIpc) is 3.11. The van der Waals surface area contributed by atoms with Crippen LogP contribution >= 0.6 is 22.7 Å². The number of thiazole rings is 1. The summed E-state index contributed by atoms with van der Waals surface area (Å²) in [7, 11) is 0. The largest absolute Gasteiger partial charge is 0.310 e. The number of aryl methyl sites for hydroxylation is 1. The molecule has 1 atom stereocenters. The summed E-state index contributed by atoms with van der Waals surface area (Å²) in [6.45, 7) is 5.26. The minimum absolute atomic E-state index is 0.283. The summed E-state index contributed by atoms with van der Waals surface area (Å²) in [4.78, 5) is 9.17. The Bertz CT molecular complexity index is 717. The van der Waals surface area contributed by atoms with E-state index in [9.17, 15) is 0 Å². The minimum atomic E-state index is 0.283. The summed E-state index contributed by atoms with van der Waals surface area (Å²) < 4.78 is 1.25. The van der Waals surface area contributed by atoms with E-state index >= 15 is 0 Å². The van der Waals surface area contributed by atoms with Gasteiger partial charge in [0.05, 0.1) is 20.9 Å². The lowest BCUT2D eigenvalue weighted by Crippen LogP contribution is -2.24. The number of pyridine rings is 1. The fourth-order valence-electron chi connectivity index (χ4n) is 2.39. The highest BCUT2D eigenvalue weighted by atomic mass is 32.1. The first-order valence-electron chi connectivity index (χ1n) is 7.24. The molecule has 0 aromatic carbocycles. The third-order valence-corrected chi connectivity index (χ3v) is 5.12. The topological polar surface area (TPSA) is 37.8 Å². The molecule has 1 unspecified atom stereocenters. The fraction of sp³-hybridized carbons (Fsp3) is 0.375. The van der Waals surface area contributed by atoms with Crippen molar-refractivity contribution in [1.82, 2.24) is 15.3 Å². The molecule has 0 aliphatic heterocycles. The molecule has 3 heterocycles. The van der Waals surface area contributed by atoms with Crippen molar-refractivity contribution >= 4 is 32.9 Å². The van der Waals surface area contributed by atoms with Gasteiger partial charge in [0.2, 0.25) is 0 Å². The van der Waals surface area contributed by atoms with Crippen LogP contribution in [-0.2, 0) is 6.42 Å². The van der Waals surface area contributed by atoms with E-state index < -0.39 is 0 Å². The van der Waals surface area contributed by atoms with Crippen molar-refractivity contribution in [3.8, 4) is 0 Å². The molecule has 0 fully saturated rings. The molecular formula is C16H19N3S2. The van der Waals surface area contributed by atoms with Gasteiger partial charge in [-0.2, -0.15) is 0 Å². The summed E-state index contributed by atoms with van der Waals surface area (Å²) in [6, 6.07) is 4.62. The molecule has 21 heavy (non-hydrogen) atoms. The summed E-state index contributed by atoms with van der Waals surface area (Å²) in [5.41, 5.74) is 3.50. The quantitative estimate of drug-likeness (QED) is 0.734. The van der Waals surface area contributed by atoms with E-state index in [1.807, 2.05) is 6.20 Å². The van der Waals surface area contributed by atoms with Crippen molar-refractivity contribution in [3.05, 3.63) is 45.4 Å². The van der Waals surface area contributed by atoms with Gasteiger partial charge < -0.3 is 5.32 Å². The molecule has 3 aromatic rings. The Labute approximate surface area is 133 Å². The zero-order valence-electron chi connectivity index (χ0n) is 12.3. The number of nitrogens with one attached hydrogen (secondary N) is 1. The second kappa shape index (κ2) is 6.64. The zero-order valence-corrected chi connectivity index (χ0v) is 13.9. The molecule has 3 nitrogen and oxygen atoms in total. The van der Waals surface area contributed by atoms with Gasteiger partial charge in [-0.1, -0.05) is 6.92 Å². The molecule has 3 rings (SSSR count). The smallest absolute Gasteiger partial charge is 0.0897 e. The Morgan fingerprint density at radius 1 is 1.33 bits per heavy atom. The number of aromatic nitrogens is 2. The van der Waals surface area contributed by atoms with Gasteiger partial charge in [0.1, 0.15) is 0 Å². The van der Waals surface area contributed by atoms with Crippen molar-refractivity contribution in [2.75, 3.05) is 6.54 Å². The molecule has 1 N–H and O–H groups in total. The predicted octanol–water partition coefficient (Wildman–Crippen LogP) is 4.34. The first kappa shape index (κ1) is 14.6. The zero-order chi connectivity index (χ0) is 14.7. The lowest BCUT2D eigenvalue weighted by atomic mass is 10.0. The summed E-state index contributed by atoms with van der Waals surface area (Å²) in [5, 5.41) is 9.02. The molecule has 0 aliphatic rings. The number of thiophene rings is 1. The second-order valence-electron chi connectivity index (χ2n) is 5.14. The van der Waals surface area contributed by atoms with Gasteiger partial charge >= 0.3 is 0 Å². The molecule has 110 valence electrons. The van der Waals surface area contributed by atoms with Crippen LogP contribution in [0.15, 0.2) is 29.1 Å². The summed E-state index contributed by atoms with van der Waals surface area (Å²) >= 11 is 3.47. The monoisotopic (exact) mass is 317 g/mol. The van der Waals surface area contributed by atoms with Crippen LogP contribution in [0.5, 0.6) is 0 Å². The van der Waals surface area contributed by atoms with E-state index in [-0.39, 0.29) is 6.04 Å². The van der Waals surface area contributed by atoms with Crippen LogP contribution in [0.25, 0.3) is 10.2 Å². The van der Waals surface area contributed by atoms with Gasteiger partial charge in [0.25, 0.3) is 0 Å². The first-order chi connectivity index (χ1) is 10.3. The molecule has 0 bridgehead atoms. The maximum Gasteiger partial charge on any atom is 0.0897 e. The van der Waals surface area contributed by atoms with Crippen molar-refractivity contribution in [2.24, 2.45) is 0 Å². The van der Waals surface area contributed by atoms with Gasteiger partial charge in [-0.25, -0.2) is 4.98 Å². The second-order valence-corrected chi connectivity index (χ2v) is 7.15. The number of nitrogens with zero attached hydrogens (tertiary/aromatic N) is 2. The van der Waals surface area contributed by atoms with E-state index in [4.69, 9.17) is 0 Å². The van der Waals surface area contributed by atoms with E-state index in [1.165, 1.54) is 10.3 Å². The van der Waals surface area contributed by atoms with Gasteiger partial charge in [0, 0.05) is 24.0 Å². The Morgan fingerprint density at radius 3 is 3.00 bits per heavy atom. The molecule has 5 heteroatoms. The average molecular weight is 317 g/mol. The van der Waals surface area contributed by atoms with Crippen LogP contribution in [-0.4, -0.2) is 16.5 Å². The van der Waals surface area contributed by atoms with Gasteiger partial charge in [-0.05, 0) is 43.0 Å². The third kappa shape index (κ3) is 3.48. The van der Waals surface area contributed by atoms with Crippen LogP contribution in [0.2, 0.25) is 0 Å². The maximum absolute atomic E-state index is 4.60. The summed E-state index contributed by atoms with van der Waals surface area (Å²) in [5.74, 6) is 0. The van der Waals surface area contributed by atoms with Gasteiger partial charge in [-0.3, -0.25) is 4.98 Å². The Morgan fingerprint density at radius 2 is 2.24 bits per heavy atom. The molecule has 0 radical (unpaired) electrons. The Kier molecular flexibility index (Phi) is 4.63. The van der Waals surface area contributed by atoms with Crippen molar-refractivity contribution in [1.29, 1.82) is 0 Å². The van der Waals surface area contributed by atoms with E-state index in [1.54, 1.807) is 22.7 Å². The number of rotatable bonds is 6. The SMILES string of the molecule is CCCNC(Cc1csc(C)n1)c1cnc2ccsc2c1. The minimum Gasteiger partial charge on any atom is -0.310 e. The molecule has 3 aromatic heterocycles. The number of hydrogen-bond acceptors (Lipinski definition) is 5. The van der Waals surface area contributed by atoms with Gasteiger partial charge in [0.15, 0.2) is 0 Å². The summed E-state index contributed by atoms with van der Waals surface area (Å²) in [6.07, 6.45) is 4.05. The first-order valence-corrected chi connectivity index (χ1v) is 8.99. The Hall–Kier alpha value is -1.30. The van der Waals surface area contributed by atoms with Gasteiger partial charge in [-0.15, -0.1) is 22.7 Å². The van der Waals surface area contributed by atoms with Crippen LogP contribution in [0.4, 0.5) is 0 Å². The van der Waals surface area contributed by atoms with Crippen LogP contribution in [0.1, 0.15) is 35.7 Å². The lowest BCUT2D eigenvalue weighted by Gasteiger charge is -2.18. The van der Waals surface area contributed by atoms with Crippen LogP contribution in [0.3, 0.4) is 0 Å². The standard InChI is InChI=1S/C16H19N3S2/c1-3-5-17-15(8-13-10-21-11(2)19-13)12-7-16-14(18-9-12)4-6-20-16/h4,6-7,9-10,15,17H,3,5,8H2,1-2H3. The highest BCUT2D eigenvalue weighted by Crippen LogP contribution is 2.25. The molecule has 0 aliphatic carbocycles. The third-order valence-electron chi connectivity index (χ3n) is 3.45. The molecular weight excluding hydrogens is 298 g/mol. The van der Waals surface area contributed by atoms with Crippen LogP contribution < -0.4 is 5.32 Å². The van der Waals surface area contributed by atoms with E-state index in [0.29, 0.717) is 0 Å². The maximum atomic E-state index is 4.60. The number of hydrogen-bond donors (Lipinski definition) is 1. The molecule has 0 saturated heterocycles. The van der Waals surface area contributed by atoms with Crippen molar-refractivity contribution in [2.45, 2.75) is 32.7 Å². The van der Waals surface area contributed by atoms with E-state index in [0.717, 1.165) is 35.6 Å².